The first-order chi connectivity index (χ1) is 9.19. The van der Waals surface area contributed by atoms with E-state index in [1.807, 2.05) is 12.1 Å². The Hall–Kier alpha value is -2.86. The Labute approximate surface area is 111 Å². The lowest BCUT2D eigenvalue weighted by molar-refractivity contribution is 0.104. The van der Waals surface area contributed by atoms with Gasteiger partial charge in [0.05, 0.1) is 11.6 Å². The number of nitriles is 1. The molecule has 0 saturated carbocycles. The summed E-state index contributed by atoms with van der Waals surface area (Å²) < 4.78 is 0. The zero-order valence-electron chi connectivity index (χ0n) is 10.1. The molecule has 0 aliphatic heterocycles. The van der Waals surface area contributed by atoms with Gasteiger partial charge in [-0.05, 0) is 35.9 Å². The van der Waals surface area contributed by atoms with Gasteiger partial charge in [0.1, 0.15) is 5.75 Å². The molecule has 0 atom stereocenters. The lowest BCUT2D eigenvalue weighted by Crippen LogP contribution is -1.93. The van der Waals surface area contributed by atoms with Gasteiger partial charge in [0.15, 0.2) is 5.78 Å². The quantitative estimate of drug-likeness (QED) is 0.671. The lowest BCUT2D eigenvalue weighted by Gasteiger charge is -1.97. The normalized spacial score (nSPS) is 10.3. The van der Waals surface area contributed by atoms with Crippen LogP contribution in [0.15, 0.2) is 54.6 Å². The van der Waals surface area contributed by atoms with Crippen molar-refractivity contribution in [2.45, 2.75) is 0 Å². The molecule has 0 spiro atoms. The van der Waals surface area contributed by atoms with Crippen LogP contribution in [0.2, 0.25) is 0 Å². The highest BCUT2D eigenvalue weighted by Gasteiger charge is 2.02. The van der Waals surface area contributed by atoms with Crippen LogP contribution in [0.4, 0.5) is 0 Å². The second-order valence-corrected chi connectivity index (χ2v) is 3.99. The fraction of sp³-hybridized carbons (Fsp3) is 0. The van der Waals surface area contributed by atoms with Crippen molar-refractivity contribution in [1.29, 1.82) is 5.26 Å². The summed E-state index contributed by atoms with van der Waals surface area (Å²) in [4.78, 5) is 11.9. The zero-order chi connectivity index (χ0) is 13.7. The first kappa shape index (κ1) is 12.6. The molecule has 0 unspecified atom stereocenters. The maximum absolute atomic E-state index is 11.9. The van der Waals surface area contributed by atoms with Gasteiger partial charge in [-0.15, -0.1) is 0 Å². The highest BCUT2D eigenvalue weighted by molar-refractivity contribution is 6.07. The number of carbonyl (C=O) groups excluding carboxylic acids is 1. The number of rotatable bonds is 3. The van der Waals surface area contributed by atoms with Gasteiger partial charge in [0, 0.05) is 5.56 Å². The second kappa shape index (κ2) is 5.65. The Morgan fingerprint density at radius 2 is 1.95 bits per heavy atom. The van der Waals surface area contributed by atoms with Crippen molar-refractivity contribution in [1.82, 2.24) is 0 Å². The summed E-state index contributed by atoms with van der Waals surface area (Å²) in [6.45, 7) is 0. The van der Waals surface area contributed by atoms with E-state index in [2.05, 4.69) is 0 Å². The van der Waals surface area contributed by atoms with Crippen LogP contribution < -0.4 is 0 Å². The first-order valence-corrected chi connectivity index (χ1v) is 5.70. The number of aromatic hydroxyl groups is 1. The maximum atomic E-state index is 11.9. The number of phenols is 1. The van der Waals surface area contributed by atoms with Gasteiger partial charge in [-0.1, -0.05) is 30.3 Å². The number of benzene rings is 2. The summed E-state index contributed by atoms with van der Waals surface area (Å²) in [7, 11) is 0. The van der Waals surface area contributed by atoms with Crippen LogP contribution in [-0.2, 0) is 0 Å². The van der Waals surface area contributed by atoms with Crippen molar-refractivity contribution in [2.75, 3.05) is 0 Å². The highest BCUT2D eigenvalue weighted by atomic mass is 16.3. The molecule has 2 aromatic rings. The topological polar surface area (TPSA) is 61.1 Å². The van der Waals surface area contributed by atoms with E-state index in [0.717, 1.165) is 5.56 Å². The Kier molecular flexibility index (Phi) is 3.75. The van der Waals surface area contributed by atoms with E-state index in [-0.39, 0.29) is 11.5 Å². The number of ketones is 1. The molecule has 19 heavy (non-hydrogen) atoms. The van der Waals surface area contributed by atoms with E-state index in [0.29, 0.717) is 11.1 Å². The third-order valence-corrected chi connectivity index (χ3v) is 2.57. The minimum atomic E-state index is -0.196. The summed E-state index contributed by atoms with van der Waals surface area (Å²) in [5.41, 5.74) is 1.76. The molecule has 92 valence electrons. The molecule has 1 N–H and O–H groups in total. The smallest absolute Gasteiger partial charge is 0.185 e. The van der Waals surface area contributed by atoms with E-state index in [1.165, 1.54) is 18.2 Å². The van der Waals surface area contributed by atoms with Gasteiger partial charge in [-0.2, -0.15) is 5.26 Å². The molecule has 0 aliphatic rings. The molecule has 0 saturated heterocycles. The van der Waals surface area contributed by atoms with Gasteiger partial charge in [-0.3, -0.25) is 4.79 Å². The van der Waals surface area contributed by atoms with Gasteiger partial charge < -0.3 is 5.11 Å². The molecule has 2 rings (SSSR count). The van der Waals surface area contributed by atoms with Gasteiger partial charge in [-0.25, -0.2) is 0 Å². The lowest BCUT2D eigenvalue weighted by atomic mass is 10.1. The van der Waals surface area contributed by atoms with Gasteiger partial charge in [0.25, 0.3) is 0 Å². The average Bonchev–Trinajstić information content (AvgIpc) is 2.45. The number of carbonyl (C=O) groups is 1. The van der Waals surface area contributed by atoms with Crippen molar-refractivity contribution >= 4 is 11.9 Å². The summed E-state index contributed by atoms with van der Waals surface area (Å²) >= 11 is 0. The van der Waals surface area contributed by atoms with E-state index >= 15 is 0 Å². The number of hydrogen-bond acceptors (Lipinski definition) is 3. The van der Waals surface area contributed by atoms with Crippen LogP contribution in [0.25, 0.3) is 6.08 Å². The number of hydrogen-bond donors (Lipinski definition) is 1. The number of phenolic OH excluding ortho intramolecular Hbond substituents is 1. The van der Waals surface area contributed by atoms with Crippen LogP contribution in [-0.4, -0.2) is 10.9 Å². The summed E-state index contributed by atoms with van der Waals surface area (Å²) in [6, 6.07) is 15.2. The second-order valence-electron chi connectivity index (χ2n) is 3.99. The third-order valence-electron chi connectivity index (χ3n) is 2.57. The predicted octanol–water partition coefficient (Wildman–Crippen LogP) is 3.16. The minimum Gasteiger partial charge on any atom is -0.508 e. The number of allylic oxidation sites excluding steroid dienone is 1. The standard InChI is InChI=1S/C16H11NO2/c17-11-13-4-1-3-12(9-13)7-8-16(19)14-5-2-6-15(18)10-14/h1-10,18H. The molecular weight excluding hydrogens is 238 g/mol. The zero-order valence-corrected chi connectivity index (χ0v) is 10.1. The molecule has 0 aromatic heterocycles. The van der Waals surface area contributed by atoms with Crippen LogP contribution in [0.3, 0.4) is 0 Å². The fourth-order valence-electron chi connectivity index (χ4n) is 1.64. The Bertz CT molecular complexity index is 681. The molecule has 0 heterocycles. The summed E-state index contributed by atoms with van der Waals surface area (Å²) in [6.07, 6.45) is 3.07. The van der Waals surface area contributed by atoms with Crippen LogP contribution in [0, 0.1) is 11.3 Å². The van der Waals surface area contributed by atoms with Crippen molar-refractivity contribution in [3.8, 4) is 11.8 Å². The molecule has 0 bridgehead atoms. The Balaban J connectivity index is 2.18. The average molecular weight is 249 g/mol. The van der Waals surface area contributed by atoms with Crippen LogP contribution in [0.5, 0.6) is 5.75 Å². The molecular formula is C16H11NO2. The van der Waals surface area contributed by atoms with Crippen molar-refractivity contribution in [3.63, 3.8) is 0 Å². The van der Waals surface area contributed by atoms with E-state index in [9.17, 15) is 9.90 Å². The van der Waals surface area contributed by atoms with Crippen molar-refractivity contribution < 1.29 is 9.90 Å². The molecule has 2 aromatic carbocycles. The number of nitrogens with zero attached hydrogens (tertiary/aromatic N) is 1. The van der Waals surface area contributed by atoms with Crippen LogP contribution >= 0.6 is 0 Å². The largest absolute Gasteiger partial charge is 0.508 e. The molecule has 0 amide bonds. The van der Waals surface area contributed by atoms with Crippen molar-refractivity contribution in [3.05, 3.63) is 71.3 Å². The van der Waals surface area contributed by atoms with E-state index in [1.54, 1.807) is 36.4 Å². The SMILES string of the molecule is N#Cc1cccc(C=CC(=O)c2cccc(O)c2)c1. The van der Waals surface area contributed by atoms with Crippen LogP contribution in [0.1, 0.15) is 21.5 Å². The predicted molar refractivity (Wildman–Crippen MR) is 72.6 cm³/mol. The third kappa shape index (κ3) is 3.30. The molecule has 3 nitrogen and oxygen atoms in total. The van der Waals surface area contributed by atoms with E-state index in [4.69, 9.17) is 5.26 Å². The minimum absolute atomic E-state index is 0.0609. The maximum Gasteiger partial charge on any atom is 0.185 e. The first-order valence-electron chi connectivity index (χ1n) is 5.70. The fourth-order valence-corrected chi connectivity index (χ4v) is 1.64. The Morgan fingerprint density at radius 1 is 1.16 bits per heavy atom. The molecule has 0 aliphatic carbocycles. The molecule has 3 heteroatoms. The Morgan fingerprint density at radius 3 is 2.68 bits per heavy atom. The highest BCUT2D eigenvalue weighted by Crippen LogP contribution is 2.13. The van der Waals surface area contributed by atoms with E-state index < -0.39 is 0 Å². The molecule has 0 radical (unpaired) electrons. The van der Waals surface area contributed by atoms with Crippen molar-refractivity contribution in [2.24, 2.45) is 0 Å². The van der Waals surface area contributed by atoms with Gasteiger partial charge in [0.2, 0.25) is 0 Å². The monoisotopic (exact) mass is 249 g/mol. The molecule has 0 fully saturated rings. The summed E-state index contributed by atoms with van der Waals surface area (Å²) in [5, 5.41) is 18.1. The van der Waals surface area contributed by atoms with Gasteiger partial charge >= 0.3 is 0 Å². The summed E-state index contributed by atoms with van der Waals surface area (Å²) in [5.74, 6) is -0.135.